The summed E-state index contributed by atoms with van der Waals surface area (Å²) in [7, 11) is -3.61. The van der Waals surface area contributed by atoms with Crippen LogP contribution in [-0.4, -0.2) is 61.9 Å². The number of morpholine rings is 1. The molecule has 0 aliphatic carbocycles. The molecule has 1 aromatic carbocycles. The Kier molecular flexibility index (Phi) is 5.91. The fourth-order valence-electron chi connectivity index (χ4n) is 3.60. The van der Waals surface area contributed by atoms with Crippen molar-refractivity contribution in [3.05, 3.63) is 28.8 Å². The van der Waals surface area contributed by atoms with E-state index in [4.69, 9.17) is 16.3 Å². The first kappa shape index (κ1) is 19.6. The Balaban J connectivity index is 1.89. The second-order valence-corrected chi connectivity index (χ2v) is 9.42. The minimum atomic E-state index is -3.61. The zero-order chi connectivity index (χ0) is 18.9. The van der Waals surface area contributed by atoms with Crippen molar-refractivity contribution in [3.8, 4) is 0 Å². The number of sulfonamides is 1. The molecular weight excluding hydrogens is 376 g/mol. The van der Waals surface area contributed by atoms with E-state index in [-0.39, 0.29) is 33.6 Å². The van der Waals surface area contributed by atoms with E-state index in [1.54, 1.807) is 4.90 Å². The number of halogens is 1. The molecule has 0 bridgehead atoms. The summed E-state index contributed by atoms with van der Waals surface area (Å²) in [6, 6.07) is 4.39. The van der Waals surface area contributed by atoms with E-state index in [2.05, 4.69) is 0 Å². The number of hydrogen-bond acceptors (Lipinski definition) is 4. The number of carbonyl (C=O) groups excluding carboxylic acids is 1. The number of piperidine rings is 1. The molecule has 0 radical (unpaired) electrons. The molecule has 1 amide bonds. The third-order valence-corrected chi connectivity index (χ3v) is 7.05. The predicted octanol–water partition coefficient (Wildman–Crippen LogP) is 2.76. The molecule has 0 spiro atoms. The van der Waals surface area contributed by atoms with Crippen LogP contribution in [-0.2, 0) is 14.8 Å². The first-order valence-corrected chi connectivity index (χ1v) is 10.9. The van der Waals surface area contributed by atoms with E-state index in [0.29, 0.717) is 26.2 Å². The lowest BCUT2D eigenvalue weighted by atomic mass is 10.1. The van der Waals surface area contributed by atoms with Crippen molar-refractivity contribution in [1.82, 2.24) is 9.21 Å². The SMILES string of the molecule is C[C@@H]1CN(C(=O)c2cc(S(=O)(=O)N3CCCCC3)ccc2Cl)C[C@@H](C)O1. The molecule has 1 aromatic rings. The van der Waals surface area contributed by atoms with Crippen LogP contribution in [0.15, 0.2) is 23.1 Å². The third-order valence-electron chi connectivity index (χ3n) is 4.83. The van der Waals surface area contributed by atoms with Crippen molar-refractivity contribution < 1.29 is 17.9 Å². The summed E-state index contributed by atoms with van der Waals surface area (Å²) in [5.41, 5.74) is 0.228. The molecule has 2 aliphatic heterocycles. The molecular formula is C18H25ClN2O4S. The van der Waals surface area contributed by atoms with E-state index in [0.717, 1.165) is 19.3 Å². The molecule has 2 heterocycles. The van der Waals surface area contributed by atoms with Gasteiger partial charge >= 0.3 is 0 Å². The van der Waals surface area contributed by atoms with Gasteiger partial charge in [-0.15, -0.1) is 0 Å². The molecule has 2 aliphatic rings. The van der Waals surface area contributed by atoms with Gasteiger partial charge in [0, 0.05) is 26.2 Å². The minimum Gasteiger partial charge on any atom is -0.372 e. The second kappa shape index (κ2) is 7.84. The molecule has 2 saturated heterocycles. The molecule has 0 aromatic heterocycles. The zero-order valence-corrected chi connectivity index (χ0v) is 16.7. The van der Waals surface area contributed by atoms with Gasteiger partial charge in [0.2, 0.25) is 10.0 Å². The van der Waals surface area contributed by atoms with Crippen LogP contribution in [0.2, 0.25) is 5.02 Å². The van der Waals surface area contributed by atoms with Crippen LogP contribution in [0.3, 0.4) is 0 Å². The van der Waals surface area contributed by atoms with Crippen molar-refractivity contribution in [3.63, 3.8) is 0 Å². The van der Waals surface area contributed by atoms with Crippen molar-refractivity contribution in [2.75, 3.05) is 26.2 Å². The van der Waals surface area contributed by atoms with Gasteiger partial charge in [-0.3, -0.25) is 4.79 Å². The molecule has 2 atom stereocenters. The fourth-order valence-corrected chi connectivity index (χ4v) is 5.34. The van der Waals surface area contributed by atoms with Gasteiger partial charge in [0.25, 0.3) is 5.91 Å². The van der Waals surface area contributed by atoms with E-state index in [9.17, 15) is 13.2 Å². The average molecular weight is 401 g/mol. The van der Waals surface area contributed by atoms with Gasteiger partial charge in [0.05, 0.1) is 27.7 Å². The highest BCUT2D eigenvalue weighted by atomic mass is 35.5. The van der Waals surface area contributed by atoms with E-state index in [1.165, 1.54) is 22.5 Å². The summed E-state index contributed by atoms with van der Waals surface area (Å²) in [5.74, 6) is -0.257. The van der Waals surface area contributed by atoms with Crippen LogP contribution in [0.4, 0.5) is 0 Å². The Labute approximate surface area is 160 Å². The average Bonchev–Trinajstić information content (AvgIpc) is 2.61. The molecule has 0 saturated carbocycles. The topological polar surface area (TPSA) is 66.9 Å². The van der Waals surface area contributed by atoms with Gasteiger partial charge in [-0.2, -0.15) is 4.31 Å². The summed E-state index contributed by atoms with van der Waals surface area (Å²) in [4.78, 5) is 14.7. The standard InChI is InChI=1S/C18H25ClN2O4S/c1-13-11-20(12-14(2)25-13)18(22)16-10-15(6-7-17(16)19)26(23,24)21-8-4-3-5-9-21/h6-7,10,13-14H,3-5,8-9,11-12H2,1-2H3/t13-,14-/m1/s1. The largest absolute Gasteiger partial charge is 0.372 e. The number of hydrogen-bond donors (Lipinski definition) is 0. The molecule has 144 valence electrons. The Hall–Kier alpha value is -1.15. The molecule has 2 fully saturated rings. The molecule has 0 N–H and O–H groups in total. The smallest absolute Gasteiger partial charge is 0.255 e. The van der Waals surface area contributed by atoms with Crippen LogP contribution in [0, 0.1) is 0 Å². The van der Waals surface area contributed by atoms with Crippen LogP contribution < -0.4 is 0 Å². The number of ether oxygens (including phenoxy) is 1. The zero-order valence-electron chi connectivity index (χ0n) is 15.2. The van der Waals surface area contributed by atoms with Gasteiger partial charge in [-0.05, 0) is 44.9 Å². The summed E-state index contributed by atoms with van der Waals surface area (Å²) in [5, 5.41) is 0.263. The van der Waals surface area contributed by atoms with Gasteiger partial charge in [0.15, 0.2) is 0 Å². The molecule has 6 nitrogen and oxygen atoms in total. The van der Waals surface area contributed by atoms with E-state index < -0.39 is 10.0 Å². The maximum absolute atomic E-state index is 12.9. The fraction of sp³-hybridized carbons (Fsp3) is 0.611. The summed E-state index contributed by atoms with van der Waals surface area (Å²) in [6.45, 7) is 5.79. The summed E-state index contributed by atoms with van der Waals surface area (Å²) in [6.07, 6.45) is 2.64. The van der Waals surface area contributed by atoms with Crippen LogP contribution >= 0.6 is 11.6 Å². The normalized spacial score (nSPS) is 25.3. The van der Waals surface area contributed by atoms with Gasteiger partial charge in [-0.25, -0.2) is 8.42 Å². The maximum atomic E-state index is 12.9. The monoisotopic (exact) mass is 400 g/mol. The first-order chi connectivity index (χ1) is 12.3. The molecule has 3 rings (SSSR count). The highest BCUT2D eigenvalue weighted by Crippen LogP contribution is 2.27. The lowest BCUT2D eigenvalue weighted by Crippen LogP contribution is -2.48. The number of nitrogens with zero attached hydrogens (tertiary/aromatic N) is 2. The summed E-state index contributed by atoms with van der Waals surface area (Å²) < 4.78 is 32.9. The highest BCUT2D eigenvalue weighted by Gasteiger charge is 2.30. The van der Waals surface area contributed by atoms with Crippen LogP contribution in [0.1, 0.15) is 43.5 Å². The van der Waals surface area contributed by atoms with Crippen molar-refractivity contribution >= 4 is 27.5 Å². The Morgan fingerprint density at radius 1 is 1.12 bits per heavy atom. The molecule has 26 heavy (non-hydrogen) atoms. The highest BCUT2D eigenvalue weighted by molar-refractivity contribution is 7.89. The molecule has 0 unspecified atom stereocenters. The van der Waals surface area contributed by atoms with Crippen molar-refractivity contribution in [2.24, 2.45) is 0 Å². The summed E-state index contributed by atoms with van der Waals surface area (Å²) >= 11 is 6.23. The Morgan fingerprint density at radius 2 is 1.73 bits per heavy atom. The van der Waals surface area contributed by atoms with Crippen molar-refractivity contribution in [2.45, 2.75) is 50.2 Å². The maximum Gasteiger partial charge on any atom is 0.255 e. The van der Waals surface area contributed by atoms with Gasteiger partial charge in [0.1, 0.15) is 0 Å². The van der Waals surface area contributed by atoms with Crippen molar-refractivity contribution in [1.29, 1.82) is 0 Å². The minimum absolute atomic E-state index is 0.0678. The first-order valence-electron chi connectivity index (χ1n) is 9.03. The van der Waals surface area contributed by atoms with E-state index >= 15 is 0 Å². The number of carbonyl (C=O) groups is 1. The van der Waals surface area contributed by atoms with E-state index in [1.807, 2.05) is 13.8 Å². The lowest BCUT2D eigenvalue weighted by molar-refractivity contribution is -0.0586. The van der Waals surface area contributed by atoms with Gasteiger partial charge in [-0.1, -0.05) is 18.0 Å². The second-order valence-electron chi connectivity index (χ2n) is 7.07. The Morgan fingerprint density at radius 3 is 2.35 bits per heavy atom. The predicted molar refractivity (Wildman–Crippen MR) is 100.0 cm³/mol. The quantitative estimate of drug-likeness (QED) is 0.782. The Bertz CT molecular complexity index is 767. The van der Waals surface area contributed by atoms with Crippen LogP contribution in [0.25, 0.3) is 0 Å². The number of benzene rings is 1. The number of amides is 1. The van der Waals surface area contributed by atoms with Crippen LogP contribution in [0.5, 0.6) is 0 Å². The lowest BCUT2D eigenvalue weighted by Gasteiger charge is -2.35. The molecule has 8 heteroatoms. The van der Waals surface area contributed by atoms with Gasteiger partial charge < -0.3 is 9.64 Å². The third kappa shape index (κ3) is 4.06. The number of rotatable bonds is 3.